The molecule has 1 rings (SSSR count). The molecule has 0 atom stereocenters. The SMILES string of the molecule is COC/C(=C\c1ccco1)C(=O)O. The number of carboxylic acids is 1. The summed E-state index contributed by atoms with van der Waals surface area (Å²) in [5.74, 6) is -0.493. The fourth-order valence-electron chi connectivity index (χ4n) is 0.866. The van der Waals surface area contributed by atoms with Crippen molar-refractivity contribution in [3.63, 3.8) is 0 Å². The predicted octanol–water partition coefficient (Wildman–Crippen LogP) is 1.39. The van der Waals surface area contributed by atoms with Crippen molar-refractivity contribution >= 4 is 12.0 Å². The average molecular weight is 182 g/mol. The molecule has 4 heteroatoms. The van der Waals surface area contributed by atoms with Crippen molar-refractivity contribution < 1.29 is 19.1 Å². The van der Waals surface area contributed by atoms with E-state index in [4.69, 9.17) is 14.3 Å². The number of ether oxygens (including phenoxy) is 1. The first-order valence-corrected chi connectivity index (χ1v) is 3.70. The van der Waals surface area contributed by atoms with Crippen LogP contribution in [0.1, 0.15) is 5.76 Å². The van der Waals surface area contributed by atoms with Crippen LogP contribution >= 0.6 is 0 Å². The quantitative estimate of drug-likeness (QED) is 0.715. The third-order valence-corrected chi connectivity index (χ3v) is 1.43. The Bertz CT molecular complexity index is 297. The highest BCUT2D eigenvalue weighted by molar-refractivity contribution is 5.91. The second-order valence-electron chi connectivity index (χ2n) is 2.42. The van der Waals surface area contributed by atoms with Crippen LogP contribution in [0.2, 0.25) is 0 Å². The monoisotopic (exact) mass is 182 g/mol. The lowest BCUT2D eigenvalue weighted by molar-refractivity contribution is -0.133. The van der Waals surface area contributed by atoms with Crippen LogP contribution in [-0.4, -0.2) is 24.8 Å². The van der Waals surface area contributed by atoms with Gasteiger partial charge in [-0.3, -0.25) is 0 Å². The van der Waals surface area contributed by atoms with Gasteiger partial charge in [0.2, 0.25) is 0 Å². The van der Waals surface area contributed by atoms with Gasteiger partial charge >= 0.3 is 5.97 Å². The first-order chi connectivity index (χ1) is 6.24. The van der Waals surface area contributed by atoms with Crippen molar-refractivity contribution in [1.82, 2.24) is 0 Å². The predicted molar refractivity (Wildman–Crippen MR) is 46.2 cm³/mol. The maximum Gasteiger partial charge on any atom is 0.334 e. The molecule has 0 spiro atoms. The van der Waals surface area contributed by atoms with Crippen LogP contribution in [0.15, 0.2) is 28.4 Å². The van der Waals surface area contributed by atoms with Crippen LogP contribution in [0.25, 0.3) is 6.08 Å². The van der Waals surface area contributed by atoms with Gasteiger partial charge in [0.05, 0.1) is 18.4 Å². The van der Waals surface area contributed by atoms with Gasteiger partial charge in [-0.25, -0.2) is 4.79 Å². The lowest BCUT2D eigenvalue weighted by atomic mass is 10.2. The average Bonchev–Trinajstić information content (AvgIpc) is 2.56. The molecule has 70 valence electrons. The molecule has 0 saturated carbocycles. The third kappa shape index (κ3) is 2.76. The molecule has 0 fully saturated rings. The van der Waals surface area contributed by atoms with Crippen molar-refractivity contribution in [2.75, 3.05) is 13.7 Å². The van der Waals surface area contributed by atoms with Crippen LogP contribution < -0.4 is 0 Å². The van der Waals surface area contributed by atoms with Crippen molar-refractivity contribution in [1.29, 1.82) is 0 Å². The fourth-order valence-corrected chi connectivity index (χ4v) is 0.866. The van der Waals surface area contributed by atoms with Crippen LogP contribution in [0.5, 0.6) is 0 Å². The molecule has 0 amide bonds. The van der Waals surface area contributed by atoms with Gasteiger partial charge in [0.15, 0.2) is 0 Å². The van der Waals surface area contributed by atoms with Crippen LogP contribution in [0, 0.1) is 0 Å². The molecule has 1 heterocycles. The molecule has 0 aliphatic heterocycles. The van der Waals surface area contributed by atoms with Gasteiger partial charge in [0, 0.05) is 7.11 Å². The Balaban J connectivity index is 2.80. The minimum absolute atomic E-state index is 0.0655. The van der Waals surface area contributed by atoms with E-state index < -0.39 is 5.97 Å². The van der Waals surface area contributed by atoms with Crippen LogP contribution in [0.4, 0.5) is 0 Å². The number of methoxy groups -OCH3 is 1. The lowest BCUT2D eigenvalue weighted by Gasteiger charge is -1.98. The summed E-state index contributed by atoms with van der Waals surface area (Å²) < 4.78 is 9.69. The molecule has 0 aliphatic rings. The Morgan fingerprint density at radius 1 is 1.77 bits per heavy atom. The van der Waals surface area contributed by atoms with Gasteiger partial charge in [0.1, 0.15) is 5.76 Å². The molecular formula is C9H10O4. The third-order valence-electron chi connectivity index (χ3n) is 1.43. The maximum absolute atomic E-state index is 10.6. The summed E-state index contributed by atoms with van der Waals surface area (Å²) in [6, 6.07) is 3.37. The van der Waals surface area contributed by atoms with Gasteiger partial charge in [-0.2, -0.15) is 0 Å². The van der Waals surface area contributed by atoms with E-state index in [0.29, 0.717) is 5.76 Å². The molecule has 0 bridgehead atoms. The van der Waals surface area contributed by atoms with Gasteiger partial charge in [-0.05, 0) is 18.2 Å². The minimum Gasteiger partial charge on any atom is -0.478 e. The van der Waals surface area contributed by atoms with E-state index in [2.05, 4.69) is 0 Å². The summed E-state index contributed by atoms with van der Waals surface area (Å²) in [6.45, 7) is 0.0655. The Morgan fingerprint density at radius 2 is 2.54 bits per heavy atom. The van der Waals surface area contributed by atoms with Gasteiger partial charge in [-0.1, -0.05) is 0 Å². The largest absolute Gasteiger partial charge is 0.478 e. The zero-order chi connectivity index (χ0) is 9.68. The Hall–Kier alpha value is -1.55. The zero-order valence-corrected chi connectivity index (χ0v) is 7.19. The maximum atomic E-state index is 10.6. The van der Waals surface area contributed by atoms with E-state index in [1.54, 1.807) is 12.1 Å². The smallest absolute Gasteiger partial charge is 0.334 e. The second kappa shape index (κ2) is 4.47. The van der Waals surface area contributed by atoms with E-state index in [1.807, 2.05) is 0 Å². The lowest BCUT2D eigenvalue weighted by Crippen LogP contribution is -2.06. The van der Waals surface area contributed by atoms with E-state index in [1.165, 1.54) is 19.4 Å². The molecule has 0 radical (unpaired) electrons. The summed E-state index contributed by atoms with van der Waals surface area (Å²) in [6.07, 6.45) is 2.92. The number of carbonyl (C=O) groups is 1. The summed E-state index contributed by atoms with van der Waals surface area (Å²) in [5, 5.41) is 8.71. The second-order valence-corrected chi connectivity index (χ2v) is 2.42. The van der Waals surface area contributed by atoms with Crippen molar-refractivity contribution in [3.05, 3.63) is 29.7 Å². The zero-order valence-electron chi connectivity index (χ0n) is 7.19. The summed E-state index contributed by atoms with van der Waals surface area (Å²) in [5.41, 5.74) is 0.164. The van der Waals surface area contributed by atoms with Gasteiger partial charge in [0.25, 0.3) is 0 Å². The fraction of sp³-hybridized carbons (Fsp3) is 0.222. The molecular weight excluding hydrogens is 172 g/mol. The molecule has 1 N–H and O–H groups in total. The van der Waals surface area contributed by atoms with Gasteiger partial charge in [-0.15, -0.1) is 0 Å². The molecule has 1 aromatic rings. The highest BCUT2D eigenvalue weighted by Crippen LogP contribution is 2.07. The molecule has 1 aromatic heterocycles. The summed E-state index contributed by atoms with van der Waals surface area (Å²) in [7, 11) is 1.44. The Kier molecular flexibility index (Phi) is 3.28. The molecule has 13 heavy (non-hydrogen) atoms. The number of rotatable bonds is 4. The number of hydrogen-bond acceptors (Lipinski definition) is 3. The number of carboxylic acid groups (broad SMARTS) is 1. The van der Waals surface area contributed by atoms with E-state index in [-0.39, 0.29) is 12.2 Å². The molecule has 0 unspecified atom stereocenters. The molecule has 0 saturated heterocycles. The summed E-state index contributed by atoms with van der Waals surface area (Å²) >= 11 is 0. The summed E-state index contributed by atoms with van der Waals surface area (Å²) in [4.78, 5) is 10.6. The number of aliphatic carboxylic acids is 1. The Morgan fingerprint density at radius 3 is 3.00 bits per heavy atom. The van der Waals surface area contributed by atoms with Crippen molar-refractivity contribution in [2.45, 2.75) is 0 Å². The van der Waals surface area contributed by atoms with Crippen molar-refractivity contribution in [3.8, 4) is 0 Å². The highest BCUT2D eigenvalue weighted by Gasteiger charge is 2.07. The van der Waals surface area contributed by atoms with Crippen LogP contribution in [0.3, 0.4) is 0 Å². The molecule has 0 aliphatic carbocycles. The van der Waals surface area contributed by atoms with Crippen LogP contribution in [-0.2, 0) is 9.53 Å². The first kappa shape index (κ1) is 9.54. The van der Waals surface area contributed by atoms with E-state index in [9.17, 15) is 4.79 Å². The van der Waals surface area contributed by atoms with E-state index in [0.717, 1.165) is 0 Å². The minimum atomic E-state index is -1.00. The molecule has 4 nitrogen and oxygen atoms in total. The van der Waals surface area contributed by atoms with Gasteiger partial charge < -0.3 is 14.3 Å². The Labute approximate surface area is 75.4 Å². The highest BCUT2D eigenvalue weighted by atomic mass is 16.5. The topological polar surface area (TPSA) is 59.7 Å². The standard InChI is InChI=1S/C9H10O4/c1-12-6-7(9(10)11)5-8-3-2-4-13-8/h2-5H,6H2,1H3,(H,10,11)/b7-5+. The first-order valence-electron chi connectivity index (χ1n) is 3.70. The normalized spacial score (nSPS) is 11.6. The number of furan rings is 1. The van der Waals surface area contributed by atoms with E-state index >= 15 is 0 Å². The molecule has 0 aromatic carbocycles. The number of hydrogen-bond donors (Lipinski definition) is 1. The van der Waals surface area contributed by atoms with Crippen molar-refractivity contribution in [2.24, 2.45) is 0 Å².